The Kier molecular flexibility index (Phi) is 5.61. The number of hydrogen-bond donors (Lipinski definition) is 3. The molecule has 31 heavy (non-hydrogen) atoms. The fourth-order valence-corrected chi connectivity index (χ4v) is 3.37. The molecule has 4 rings (SSSR count). The molecule has 0 aliphatic rings. The zero-order chi connectivity index (χ0) is 21.8. The minimum absolute atomic E-state index is 0.263. The van der Waals surface area contributed by atoms with Gasteiger partial charge in [0.05, 0.1) is 5.69 Å². The van der Waals surface area contributed by atoms with E-state index in [1.54, 1.807) is 0 Å². The lowest BCUT2D eigenvalue weighted by atomic mass is 10.1. The van der Waals surface area contributed by atoms with Crippen molar-refractivity contribution in [1.82, 2.24) is 15.4 Å². The first-order valence-corrected chi connectivity index (χ1v) is 9.76. The molecule has 8 heteroatoms. The van der Waals surface area contributed by atoms with Gasteiger partial charge >= 0.3 is 0 Å². The normalized spacial score (nSPS) is 10.6. The molecular weight excluding hydrogens is 395 g/mol. The van der Waals surface area contributed by atoms with Gasteiger partial charge in [-0.05, 0) is 42.6 Å². The van der Waals surface area contributed by atoms with Gasteiger partial charge in [0.1, 0.15) is 17.8 Å². The number of rotatable bonds is 6. The Balaban J connectivity index is 1.61. The van der Waals surface area contributed by atoms with E-state index < -0.39 is 11.7 Å². The van der Waals surface area contributed by atoms with Crippen molar-refractivity contribution in [3.8, 4) is 0 Å². The van der Waals surface area contributed by atoms with E-state index in [0.29, 0.717) is 17.9 Å². The minimum Gasteiger partial charge on any atom is -0.393 e. The number of nitrogens with one attached hydrogen (secondary N) is 2. The van der Waals surface area contributed by atoms with Gasteiger partial charge in [-0.15, -0.1) is 0 Å². The van der Waals surface area contributed by atoms with Crippen molar-refractivity contribution in [3.05, 3.63) is 84.4 Å². The third-order valence-electron chi connectivity index (χ3n) is 4.89. The van der Waals surface area contributed by atoms with E-state index in [1.807, 2.05) is 54.3 Å². The zero-order valence-electron chi connectivity index (χ0n) is 16.8. The van der Waals surface area contributed by atoms with Gasteiger partial charge in [-0.3, -0.25) is 15.6 Å². The average molecular weight is 416 g/mol. The number of nitrogens with zero attached hydrogens (tertiary/aromatic N) is 3. The summed E-state index contributed by atoms with van der Waals surface area (Å²) in [4.78, 5) is 22.8. The van der Waals surface area contributed by atoms with Crippen LogP contribution in [0.2, 0.25) is 0 Å². The van der Waals surface area contributed by atoms with E-state index in [-0.39, 0.29) is 11.5 Å². The molecule has 0 atom stereocenters. The van der Waals surface area contributed by atoms with Crippen molar-refractivity contribution in [2.24, 2.45) is 0 Å². The number of benzene rings is 3. The second-order valence-electron chi connectivity index (χ2n) is 6.79. The van der Waals surface area contributed by atoms with Crippen LogP contribution in [0.5, 0.6) is 0 Å². The summed E-state index contributed by atoms with van der Waals surface area (Å²) < 4.78 is 13.1. The van der Waals surface area contributed by atoms with E-state index in [4.69, 9.17) is 5.73 Å². The molecule has 0 saturated heterocycles. The van der Waals surface area contributed by atoms with Crippen LogP contribution in [-0.2, 0) is 0 Å². The molecule has 4 N–H and O–H groups in total. The largest absolute Gasteiger partial charge is 0.393 e. The number of amides is 1. The maximum atomic E-state index is 13.1. The highest BCUT2D eigenvalue weighted by Gasteiger charge is 2.18. The summed E-state index contributed by atoms with van der Waals surface area (Å²) in [5.41, 5.74) is 13.2. The summed E-state index contributed by atoms with van der Waals surface area (Å²) in [6.45, 7) is 2.63. The third kappa shape index (κ3) is 4.09. The number of fused-ring (bicyclic) bond motifs is 1. The maximum absolute atomic E-state index is 13.1. The Morgan fingerprint density at radius 3 is 2.55 bits per heavy atom. The first-order chi connectivity index (χ1) is 15.1. The Labute approximate surface area is 178 Å². The molecule has 0 bridgehead atoms. The Hall–Kier alpha value is -4.20. The Morgan fingerprint density at radius 2 is 1.77 bits per heavy atom. The summed E-state index contributed by atoms with van der Waals surface area (Å²) in [6.07, 6.45) is 1.38. The second-order valence-corrected chi connectivity index (χ2v) is 6.79. The molecule has 0 spiro atoms. The number of hydrazine groups is 1. The molecule has 156 valence electrons. The molecule has 0 radical (unpaired) electrons. The van der Waals surface area contributed by atoms with Crippen LogP contribution in [0.25, 0.3) is 10.8 Å². The lowest BCUT2D eigenvalue weighted by Crippen LogP contribution is -2.30. The molecular formula is C23H21FN6O. The molecule has 0 saturated carbocycles. The molecule has 0 unspecified atom stereocenters. The maximum Gasteiger partial charge on any atom is 0.269 e. The number of carbonyl (C=O) groups is 1. The molecule has 0 fully saturated rings. The van der Waals surface area contributed by atoms with Gasteiger partial charge in [0, 0.05) is 17.5 Å². The van der Waals surface area contributed by atoms with Gasteiger partial charge in [0.25, 0.3) is 5.91 Å². The van der Waals surface area contributed by atoms with Crippen LogP contribution < -0.4 is 21.5 Å². The van der Waals surface area contributed by atoms with E-state index in [0.717, 1.165) is 16.5 Å². The lowest BCUT2D eigenvalue weighted by molar-refractivity contribution is 0.0962. The van der Waals surface area contributed by atoms with Crippen molar-refractivity contribution < 1.29 is 9.18 Å². The summed E-state index contributed by atoms with van der Waals surface area (Å²) in [5.74, 6) is -0.0743. The number of hydrogen-bond acceptors (Lipinski definition) is 6. The standard InChI is InChI=1S/C23H21FN6O/c1-2-30(19-9-5-7-15-6-3-4-8-18(15)19)22-20(25)21(26-14-27-22)28-29-23(31)16-10-12-17(24)13-11-16/h3-14H,2,25H2,1H3,(H,29,31)(H,26,27,28). The first kappa shape index (κ1) is 20.1. The fourth-order valence-electron chi connectivity index (χ4n) is 3.37. The predicted octanol–water partition coefficient (Wildman–Crippen LogP) is 4.27. The first-order valence-electron chi connectivity index (χ1n) is 9.76. The van der Waals surface area contributed by atoms with Gasteiger partial charge in [-0.2, -0.15) is 0 Å². The second kappa shape index (κ2) is 8.66. The van der Waals surface area contributed by atoms with Crippen molar-refractivity contribution in [3.63, 3.8) is 0 Å². The highest BCUT2D eigenvalue weighted by Crippen LogP contribution is 2.35. The van der Waals surface area contributed by atoms with Crippen LogP contribution in [0.1, 0.15) is 17.3 Å². The van der Waals surface area contributed by atoms with Crippen LogP contribution in [0, 0.1) is 5.82 Å². The summed E-state index contributed by atoms with van der Waals surface area (Å²) in [5, 5.41) is 2.18. The quantitative estimate of drug-likeness (QED) is 0.406. The minimum atomic E-state index is -0.444. The number of halogens is 1. The van der Waals surface area contributed by atoms with E-state index in [1.165, 1.54) is 30.6 Å². The average Bonchev–Trinajstić information content (AvgIpc) is 2.80. The van der Waals surface area contributed by atoms with Crippen molar-refractivity contribution in [2.75, 3.05) is 22.6 Å². The lowest BCUT2D eigenvalue weighted by Gasteiger charge is -2.25. The topological polar surface area (TPSA) is 96.2 Å². The number of nitrogens with two attached hydrogens (primary N) is 1. The molecule has 1 aromatic heterocycles. The van der Waals surface area contributed by atoms with Crippen LogP contribution in [0.3, 0.4) is 0 Å². The highest BCUT2D eigenvalue weighted by atomic mass is 19.1. The van der Waals surface area contributed by atoms with E-state index >= 15 is 0 Å². The van der Waals surface area contributed by atoms with Gasteiger partial charge < -0.3 is 10.6 Å². The number of carbonyl (C=O) groups excluding carboxylic acids is 1. The fraction of sp³-hybridized carbons (Fsp3) is 0.0870. The molecule has 4 aromatic rings. The zero-order valence-corrected chi connectivity index (χ0v) is 16.8. The van der Waals surface area contributed by atoms with Crippen LogP contribution in [-0.4, -0.2) is 22.4 Å². The number of nitrogen functional groups attached to an aromatic ring is 1. The van der Waals surface area contributed by atoms with E-state index in [2.05, 4.69) is 20.8 Å². The smallest absolute Gasteiger partial charge is 0.269 e. The van der Waals surface area contributed by atoms with E-state index in [9.17, 15) is 9.18 Å². The molecule has 7 nitrogen and oxygen atoms in total. The van der Waals surface area contributed by atoms with Crippen molar-refractivity contribution in [2.45, 2.75) is 6.92 Å². The molecule has 3 aromatic carbocycles. The van der Waals surface area contributed by atoms with Crippen LogP contribution >= 0.6 is 0 Å². The van der Waals surface area contributed by atoms with Gasteiger partial charge in [0.15, 0.2) is 11.6 Å². The highest BCUT2D eigenvalue weighted by molar-refractivity contribution is 5.98. The Morgan fingerprint density at radius 1 is 1.03 bits per heavy atom. The molecule has 1 amide bonds. The summed E-state index contributed by atoms with van der Waals surface area (Å²) >= 11 is 0. The Bertz CT molecular complexity index is 1220. The van der Waals surface area contributed by atoms with Gasteiger partial charge in [-0.25, -0.2) is 14.4 Å². The third-order valence-corrected chi connectivity index (χ3v) is 4.89. The monoisotopic (exact) mass is 416 g/mol. The molecule has 0 aliphatic heterocycles. The number of aromatic nitrogens is 2. The molecule has 0 aliphatic carbocycles. The summed E-state index contributed by atoms with van der Waals surface area (Å²) in [6, 6.07) is 19.3. The van der Waals surface area contributed by atoms with Gasteiger partial charge in [-0.1, -0.05) is 36.4 Å². The van der Waals surface area contributed by atoms with Gasteiger partial charge in [0.2, 0.25) is 0 Å². The SMILES string of the molecule is CCN(c1ncnc(NNC(=O)c2ccc(F)cc2)c1N)c1cccc2ccccc12. The van der Waals surface area contributed by atoms with Crippen LogP contribution in [0.15, 0.2) is 73.1 Å². The predicted molar refractivity (Wildman–Crippen MR) is 121 cm³/mol. The number of anilines is 4. The van der Waals surface area contributed by atoms with Crippen LogP contribution in [0.4, 0.5) is 27.4 Å². The molecule has 1 heterocycles. The van der Waals surface area contributed by atoms with Crippen molar-refractivity contribution in [1.29, 1.82) is 0 Å². The van der Waals surface area contributed by atoms with Crippen molar-refractivity contribution >= 4 is 39.7 Å². The summed E-state index contributed by atoms with van der Waals surface area (Å²) in [7, 11) is 0.